The number of piperazine rings is 1. The number of amides is 2. The number of ether oxygens (including phenoxy) is 1. The number of hydrogen-bond acceptors (Lipinski definition) is 4. The summed E-state index contributed by atoms with van der Waals surface area (Å²) >= 11 is 0. The van der Waals surface area contributed by atoms with Crippen molar-refractivity contribution >= 4 is 11.8 Å². The number of carbonyl (C=O) groups excluding carboxylic acids is 2. The van der Waals surface area contributed by atoms with Crippen molar-refractivity contribution in [3.05, 3.63) is 24.3 Å². The number of benzene rings is 1. The van der Waals surface area contributed by atoms with Crippen molar-refractivity contribution in [1.82, 2.24) is 9.80 Å². The number of aromatic hydroxyl groups is 1. The fourth-order valence-corrected chi connectivity index (χ4v) is 2.78. The van der Waals surface area contributed by atoms with Gasteiger partial charge in [0.05, 0.1) is 0 Å². The van der Waals surface area contributed by atoms with E-state index in [1.54, 1.807) is 24.0 Å². The summed E-state index contributed by atoms with van der Waals surface area (Å²) in [6, 6.07) is 6.29. The molecular weight excluding hydrogens is 320 g/mol. The van der Waals surface area contributed by atoms with E-state index in [1.165, 1.54) is 12.1 Å². The molecule has 0 spiro atoms. The number of carbonyl (C=O) groups is 2. The summed E-state index contributed by atoms with van der Waals surface area (Å²) < 4.78 is 5.64. The normalized spacial score (nSPS) is 16.5. The van der Waals surface area contributed by atoms with Crippen molar-refractivity contribution in [3.63, 3.8) is 0 Å². The zero-order valence-electron chi connectivity index (χ0n) is 15.5. The van der Waals surface area contributed by atoms with Gasteiger partial charge in [-0.1, -0.05) is 20.8 Å². The zero-order chi connectivity index (χ0) is 18.6. The molecule has 2 amide bonds. The van der Waals surface area contributed by atoms with E-state index in [4.69, 9.17) is 4.74 Å². The monoisotopic (exact) mass is 348 g/mol. The van der Waals surface area contributed by atoms with Crippen LogP contribution in [0, 0.1) is 5.41 Å². The predicted molar refractivity (Wildman–Crippen MR) is 95.4 cm³/mol. The molecule has 1 N–H and O–H groups in total. The van der Waals surface area contributed by atoms with Crippen LogP contribution < -0.4 is 4.74 Å². The summed E-state index contributed by atoms with van der Waals surface area (Å²) in [5.74, 6) is 0.754. The van der Waals surface area contributed by atoms with Crippen molar-refractivity contribution in [2.45, 2.75) is 40.2 Å². The second-order valence-corrected chi connectivity index (χ2v) is 7.70. The van der Waals surface area contributed by atoms with Gasteiger partial charge in [-0.05, 0) is 36.6 Å². The minimum atomic E-state index is -0.610. The molecule has 1 aliphatic rings. The Balaban J connectivity index is 1.84. The molecule has 1 aromatic rings. The van der Waals surface area contributed by atoms with Gasteiger partial charge in [-0.15, -0.1) is 0 Å². The van der Waals surface area contributed by atoms with Crippen LogP contribution in [-0.2, 0) is 9.59 Å². The van der Waals surface area contributed by atoms with E-state index in [-0.39, 0.29) is 23.0 Å². The third kappa shape index (κ3) is 5.66. The Bertz CT molecular complexity index is 599. The van der Waals surface area contributed by atoms with Gasteiger partial charge in [0.25, 0.3) is 5.91 Å². The Morgan fingerprint density at radius 1 is 1.08 bits per heavy atom. The van der Waals surface area contributed by atoms with Gasteiger partial charge in [0.15, 0.2) is 6.10 Å². The van der Waals surface area contributed by atoms with E-state index >= 15 is 0 Å². The van der Waals surface area contributed by atoms with E-state index < -0.39 is 6.10 Å². The van der Waals surface area contributed by atoms with Crippen molar-refractivity contribution in [2.75, 3.05) is 26.2 Å². The summed E-state index contributed by atoms with van der Waals surface area (Å²) in [4.78, 5) is 28.4. The molecule has 6 nitrogen and oxygen atoms in total. The Labute approximate surface area is 149 Å². The van der Waals surface area contributed by atoms with Gasteiger partial charge in [0, 0.05) is 32.6 Å². The standard InChI is InChI=1S/C19H28N2O4/c1-14(25-16-7-5-15(22)6-8-16)18(24)21-11-9-20(10-12-21)17(23)13-19(2,3)4/h5-8,14,22H,9-13H2,1-4H3. The van der Waals surface area contributed by atoms with E-state index in [1.807, 2.05) is 25.7 Å². The van der Waals surface area contributed by atoms with Gasteiger partial charge < -0.3 is 19.6 Å². The maximum absolute atomic E-state index is 12.5. The minimum Gasteiger partial charge on any atom is -0.508 e. The molecule has 0 radical (unpaired) electrons. The van der Waals surface area contributed by atoms with Gasteiger partial charge >= 0.3 is 0 Å². The Morgan fingerprint density at radius 3 is 2.12 bits per heavy atom. The highest BCUT2D eigenvalue weighted by Crippen LogP contribution is 2.21. The molecule has 0 saturated carbocycles. The number of phenolic OH excluding ortho intramolecular Hbond substituents is 1. The molecule has 1 atom stereocenters. The molecule has 0 aromatic heterocycles. The van der Waals surface area contributed by atoms with Crippen LogP contribution in [0.2, 0.25) is 0 Å². The molecule has 6 heteroatoms. The number of phenols is 1. The lowest BCUT2D eigenvalue weighted by atomic mass is 9.91. The number of hydrogen-bond donors (Lipinski definition) is 1. The van der Waals surface area contributed by atoms with Crippen molar-refractivity contribution in [2.24, 2.45) is 5.41 Å². The van der Waals surface area contributed by atoms with Gasteiger partial charge in [-0.3, -0.25) is 9.59 Å². The molecule has 1 unspecified atom stereocenters. The number of rotatable bonds is 4. The summed E-state index contributed by atoms with van der Waals surface area (Å²) in [5.41, 5.74) is -0.0312. The van der Waals surface area contributed by atoms with Crippen molar-refractivity contribution in [3.8, 4) is 11.5 Å². The third-order valence-corrected chi connectivity index (χ3v) is 4.12. The molecule has 1 saturated heterocycles. The molecule has 1 aliphatic heterocycles. The van der Waals surface area contributed by atoms with Crippen LogP contribution in [0.25, 0.3) is 0 Å². The third-order valence-electron chi connectivity index (χ3n) is 4.12. The van der Waals surface area contributed by atoms with Crippen LogP contribution in [0.4, 0.5) is 0 Å². The van der Waals surface area contributed by atoms with E-state index in [2.05, 4.69) is 0 Å². The van der Waals surface area contributed by atoms with Crippen LogP contribution >= 0.6 is 0 Å². The molecule has 0 aliphatic carbocycles. The molecule has 2 rings (SSSR count). The summed E-state index contributed by atoms with van der Waals surface area (Å²) in [7, 11) is 0. The highest BCUT2D eigenvalue weighted by atomic mass is 16.5. The maximum atomic E-state index is 12.5. The largest absolute Gasteiger partial charge is 0.508 e. The van der Waals surface area contributed by atoms with Crippen molar-refractivity contribution < 1.29 is 19.4 Å². The zero-order valence-corrected chi connectivity index (χ0v) is 15.5. The highest BCUT2D eigenvalue weighted by molar-refractivity contribution is 5.82. The van der Waals surface area contributed by atoms with Gasteiger partial charge in [-0.2, -0.15) is 0 Å². The summed E-state index contributed by atoms with van der Waals surface area (Å²) in [6.45, 7) is 10.0. The average molecular weight is 348 g/mol. The lowest BCUT2D eigenvalue weighted by Crippen LogP contribution is -2.53. The first-order chi connectivity index (χ1) is 11.7. The SMILES string of the molecule is CC(Oc1ccc(O)cc1)C(=O)N1CCN(C(=O)CC(C)(C)C)CC1. The first-order valence-corrected chi connectivity index (χ1v) is 8.68. The summed E-state index contributed by atoms with van der Waals surface area (Å²) in [5, 5.41) is 9.28. The van der Waals surface area contributed by atoms with E-state index in [0.29, 0.717) is 38.3 Å². The Morgan fingerprint density at radius 2 is 1.60 bits per heavy atom. The first-order valence-electron chi connectivity index (χ1n) is 8.68. The van der Waals surface area contributed by atoms with Gasteiger partial charge in [-0.25, -0.2) is 0 Å². The lowest BCUT2D eigenvalue weighted by molar-refractivity contribution is -0.144. The van der Waals surface area contributed by atoms with Crippen molar-refractivity contribution in [1.29, 1.82) is 0 Å². The molecule has 1 fully saturated rings. The fourth-order valence-electron chi connectivity index (χ4n) is 2.78. The lowest BCUT2D eigenvalue weighted by Gasteiger charge is -2.36. The van der Waals surface area contributed by atoms with Crippen LogP contribution in [0.15, 0.2) is 24.3 Å². The smallest absolute Gasteiger partial charge is 0.263 e. The Kier molecular flexibility index (Phi) is 5.93. The molecule has 1 aromatic carbocycles. The highest BCUT2D eigenvalue weighted by Gasteiger charge is 2.29. The topological polar surface area (TPSA) is 70.1 Å². The summed E-state index contributed by atoms with van der Waals surface area (Å²) in [6.07, 6.45) is -0.0947. The fraction of sp³-hybridized carbons (Fsp3) is 0.579. The van der Waals surface area contributed by atoms with Crippen LogP contribution in [-0.4, -0.2) is 59.0 Å². The van der Waals surface area contributed by atoms with E-state index in [0.717, 1.165) is 0 Å². The molecule has 0 bridgehead atoms. The van der Waals surface area contributed by atoms with Crippen LogP contribution in [0.5, 0.6) is 11.5 Å². The predicted octanol–water partition coefficient (Wildman–Crippen LogP) is 2.27. The molecular formula is C19H28N2O4. The molecule has 138 valence electrons. The maximum Gasteiger partial charge on any atom is 0.263 e. The number of nitrogens with zero attached hydrogens (tertiary/aromatic N) is 2. The van der Waals surface area contributed by atoms with Crippen LogP contribution in [0.1, 0.15) is 34.1 Å². The van der Waals surface area contributed by atoms with Gasteiger partial charge in [0.1, 0.15) is 11.5 Å². The Hall–Kier alpha value is -2.24. The van der Waals surface area contributed by atoms with E-state index in [9.17, 15) is 14.7 Å². The quantitative estimate of drug-likeness (QED) is 0.906. The second-order valence-electron chi connectivity index (χ2n) is 7.70. The first kappa shape index (κ1) is 19.1. The minimum absolute atomic E-state index is 0.0312. The van der Waals surface area contributed by atoms with Gasteiger partial charge in [0.2, 0.25) is 5.91 Å². The second kappa shape index (κ2) is 7.76. The molecule has 25 heavy (non-hydrogen) atoms. The van der Waals surface area contributed by atoms with Crippen LogP contribution in [0.3, 0.4) is 0 Å². The molecule has 1 heterocycles. The average Bonchev–Trinajstić information content (AvgIpc) is 2.55.